The predicted molar refractivity (Wildman–Crippen MR) is 107 cm³/mol. The SMILES string of the molecule is CC1CCc2ccccc2N1CCNc1nc(C(F)(F)F)cc2ccccc12. The molecule has 0 saturated heterocycles. The predicted octanol–water partition coefficient (Wildman–Crippen LogP) is 5.51. The van der Waals surface area contributed by atoms with Gasteiger partial charge in [0.1, 0.15) is 11.5 Å². The summed E-state index contributed by atoms with van der Waals surface area (Å²) in [5.74, 6) is 0.281. The highest BCUT2D eigenvalue weighted by Gasteiger charge is 2.33. The van der Waals surface area contributed by atoms with E-state index in [0.717, 1.165) is 18.9 Å². The Hall–Kier alpha value is -2.76. The number of hydrogen-bond acceptors (Lipinski definition) is 3. The van der Waals surface area contributed by atoms with Crippen LogP contribution in [-0.2, 0) is 12.6 Å². The molecule has 0 radical (unpaired) electrons. The van der Waals surface area contributed by atoms with Crippen molar-refractivity contribution >= 4 is 22.3 Å². The number of pyridine rings is 1. The van der Waals surface area contributed by atoms with Gasteiger partial charge in [-0.15, -0.1) is 0 Å². The normalized spacial score (nSPS) is 16.9. The summed E-state index contributed by atoms with van der Waals surface area (Å²) >= 11 is 0. The molecule has 2 heterocycles. The van der Waals surface area contributed by atoms with E-state index in [9.17, 15) is 13.2 Å². The van der Waals surface area contributed by atoms with E-state index in [1.54, 1.807) is 18.2 Å². The van der Waals surface area contributed by atoms with Crippen LogP contribution >= 0.6 is 0 Å². The molecule has 6 heteroatoms. The lowest BCUT2D eigenvalue weighted by molar-refractivity contribution is -0.140. The zero-order chi connectivity index (χ0) is 19.7. The summed E-state index contributed by atoms with van der Waals surface area (Å²) in [6.07, 6.45) is -2.34. The Bertz CT molecular complexity index is 984. The van der Waals surface area contributed by atoms with Crippen molar-refractivity contribution in [2.24, 2.45) is 0 Å². The third-order valence-electron chi connectivity index (χ3n) is 5.34. The first kappa shape index (κ1) is 18.6. The van der Waals surface area contributed by atoms with Crippen LogP contribution in [0.2, 0.25) is 0 Å². The Labute approximate surface area is 162 Å². The van der Waals surface area contributed by atoms with Gasteiger partial charge in [-0.2, -0.15) is 13.2 Å². The van der Waals surface area contributed by atoms with Crippen LogP contribution in [0, 0.1) is 0 Å². The van der Waals surface area contributed by atoms with Crippen molar-refractivity contribution in [1.29, 1.82) is 0 Å². The first-order valence-corrected chi connectivity index (χ1v) is 9.49. The molecule has 1 atom stereocenters. The highest BCUT2D eigenvalue weighted by Crippen LogP contribution is 2.33. The van der Waals surface area contributed by atoms with Crippen LogP contribution in [0.5, 0.6) is 0 Å². The Morgan fingerprint density at radius 2 is 1.86 bits per heavy atom. The fraction of sp³-hybridized carbons (Fsp3) is 0.318. The third kappa shape index (κ3) is 3.63. The fourth-order valence-electron chi connectivity index (χ4n) is 3.87. The first-order valence-electron chi connectivity index (χ1n) is 9.49. The van der Waals surface area contributed by atoms with Gasteiger partial charge < -0.3 is 10.2 Å². The number of halogens is 3. The Kier molecular flexibility index (Phi) is 4.87. The quantitative estimate of drug-likeness (QED) is 0.642. The molecule has 4 rings (SSSR count). The number of aryl methyl sites for hydroxylation is 1. The Morgan fingerprint density at radius 1 is 1.11 bits per heavy atom. The van der Waals surface area contributed by atoms with E-state index < -0.39 is 11.9 Å². The van der Waals surface area contributed by atoms with Crippen molar-refractivity contribution < 1.29 is 13.2 Å². The van der Waals surface area contributed by atoms with Crippen LogP contribution < -0.4 is 10.2 Å². The smallest absolute Gasteiger partial charge is 0.368 e. The van der Waals surface area contributed by atoms with Crippen molar-refractivity contribution in [3.05, 3.63) is 65.9 Å². The van der Waals surface area contributed by atoms with Gasteiger partial charge in [-0.1, -0.05) is 42.5 Å². The molecule has 0 amide bonds. The molecule has 0 saturated carbocycles. The van der Waals surface area contributed by atoms with Crippen LogP contribution in [0.25, 0.3) is 10.8 Å². The minimum absolute atomic E-state index is 0.281. The number of hydrogen-bond donors (Lipinski definition) is 1. The number of para-hydroxylation sites is 1. The van der Waals surface area contributed by atoms with Gasteiger partial charge in [0.25, 0.3) is 0 Å². The van der Waals surface area contributed by atoms with Gasteiger partial charge in [-0.05, 0) is 42.8 Å². The second-order valence-electron chi connectivity index (χ2n) is 7.21. The molecular weight excluding hydrogens is 363 g/mol. The van der Waals surface area contributed by atoms with E-state index in [2.05, 4.69) is 34.3 Å². The number of nitrogens with zero attached hydrogens (tertiary/aromatic N) is 2. The lowest BCUT2D eigenvalue weighted by atomic mass is 9.97. The summed E-state index contributed by atoms with van der Waals surface area (Å²) in [4.78, 5) is 6.18. The summed E-state index contributed by atoms with van der Waals surface area (Å²) in [6.45, 7) is 3.40. The molecule has 146 valence electrons. The standard InChI is InChI=1S/C22H22F3N3/c1-15-10-11-16-6-3-5-9-19(16)28(15)13-12-26-21-18-8-4-2-7-17(18)14-20(27-21)22(23,24)25/h2-9,14-15H,10-13H2,1H3,(H,26,27). The lowest BCUT2D eigenvalue weighted by Crippen LogP contribution is -2.40. The van der Waals surface area contributed by atoms with Crippen molar-refractivity contribution in [3.8, 4) is 0 Å². The monoisotopic (exact) mass is 385 g/mol. The molecule has 1 aliphatic heterocycles. The van der Waals surface area contributed by atoms with E-state index in [1.165, 1.54) is 11.3 Å². The number of anilines is 2. The molecule has 3 nitrogen and oxygen atoms in total. The van der Waals surface area contributed by atoms with Gasteiger partial charge in [0.05, 0.1) is 0 Å². The van der Waals surface area contributed by atoms with Crippen molar-refractivity contribution in [3.63, 3.8) is 0 Å². The third-order valence-corrected chi connectivity index (χ3v) is 5.34. The topological polar surface area (TPSA) is 28.2 Å². The molecule has 1 aromatic heterocycles. The van der Waals surface area contributed by atoms with Gasteiger partial charge >= 0.3 is 6.18 Å². The van der Waals surface area contributed by atoms with Gasteiger partial charge in [0.15, 0.2) is 0 Å². The van der Waals surface area contributed by atoms with E-state index in [0.29, 0.717) is 29.9 Å². The minimum atomic E-state index is -4.47. The second kappa shape index (κ2) is 7.34. The van der Waals surface area contributed by atoms with E-state index in [1.807, 2.05) is 18.2 Å². The molecule has 0 fully saturated rings. The average Bonchev–Trinajstić information content (AvgIpc) is 2.68. The van der Waals surface area contributed by atoms with E-state index in [4.69, 9.17) is 0 Å². The summed E-state index contributed by atoms with van der Waals surface area (Å²) in [5.41, 5.74) is 1.67. The molecule has 2 aromatic carbocycles. The molecule has 28 heavy (non-hydrogen) atoms. The number of benzene rings is 2. The highest BCUT2D eigenvalue weighted by atomic mass is 19.4. The Balaban J connectivity index is 1.56. The average molecular weight is 385 g/mol. The number of alkyl halides is 3. The summed E-state index contributed by atoms with van der Waals surface area (Å²) in [7, 11) is 0. The van der Waals surface area contributed by atoms with Crippen LogP contribution in [-0.4, -0.2) is 24.1 Å². The van der Waals surface area contributed by atoms with Crippen LogP contribution in [0.1, 0.15) is 24.6 Å². The van der Waals surface area contributed by atoms with Gasteiger partial charge in [-0.25, -0.2) is 4.98 Å². The zero-order valence-corrected chi connectivity index (χ0v) is 15.6. The number of nitrogens with one attached hydrogen (secondary N) is 1. The van der Waals surface area contributed by atoms with E-state index >= 15 is 0 Å². The maximum absolute atomic E-state index is 13.2. The van der Waals surface area contributed by atoms with Crippen LogP contribution in [0.3, 0.4) is 0 Å². The van der Waals surface area contributed by atoms with Gasteiger partial charge in [0, 0.05) is 30.2 Å². The molecule has 0 spiro atoms. The molecule has 1 N–H and O–H groups in total. The summed E-state index contributed by atoms with van der Waals surface area (Å²) in [6, 6.07) is 16.8. The maximum atomic E-state index is 13.2. The highest BCUT2D eigenvalue weighted by molar-refractivity contribution is 5.92. The summed E-state index contributed by atoms with van der Waals surface area (Å²) in [5, 5.41) is 4.37. The molecule has 0 aliphatic carbocycles. The minimum Gasteiger partial charge on any atom is -0.368 e. The van der Waals surface area contributed by atoms with E-state index in [-0.39, 0.29) is 5.82 Å². The van der Waals surface area contributed by atoms with Gasteiger partial charge in [0.2, 0.25) is 0 Å². The molecule has 0 bridgehead atoms. The van der Waals surface area contributed by atoms with Gasteiger partial charge in [-0.3, -0.25) is 0 Å². The maximum Gasteiger partial charge on any atom is 0.433 e. The van der Waals surface area contributed by atoms with Crippen molar-refractivity contribution in [2.45, 2.75) is 32.0 Å². The Morgan fingerprint density at radius 3 is 2.68 bits per heavy atom. The van der Waals surface area contributed by atoms with Crippen LogP contribution in [0.4, 0.5) is 24.7 Å². The molecule has 1 unspecified atom stereocenters. The molecular formula is C22H22F3N3. The fourth-order valence-corrected chi connectivity index (χ4v) is 3.87. The second-order valence-corrected chi connectivity index (χ2v) is 7.21. The number of fused-ring (bicyclic) bond motifs is 2. The largest absolute Gasteiger partial charge is 0.433 e. The van der Waals surface area contributed by atoms with Crippen LogP contribution in [0.15, 0.2) is 54.6 Å². The molecule has 3 aromatic rings. The number of aromatic nitrogens is 1. The molecule has 1 aliphatic rings. The summed E-state index contributed by atoms with van der Waals surface area (Å²) < 4.78 is 39.7. The zero-order valence-electron chi connectivity index (χ0n) is 15.6. The lowest BCUT2D eigenvalue weighted by Gasteiger charge is -2.37. The van der Waals surface area contributed by atoms with Crippen molar-refractivity contribution in [1.82, 2.24) is 4.98 Å². The van der Waals surface area contributed by atoms with Crippen molar-refractivity contribution in [2.75, 3.05) is 23.3 Å². The number of rotatable bonds is 4. The first-order chi connectivity index (χ1) is 13.4.